The van der Waals surface area contributed by atoms with Gasteiger partial charge in [-0.3, -0.25) is 14.3 Å². The van der Waals surface area contributed by atoms with Gasteiger partial charge in [-0.2, -0.15) is 5.10 Å². The Balaban J connectivity index is 1.61. The molecule has 0 spiro atoms. The van der Waals surface area contributed by atoms with Gasteiger partial charge in [0.25, 0.3) is 11.8 Å². The number of hydrogen-bond acceptors (Lipinski definition) is 4. The fourth-order valence-electron chi connectivity index (χ4n) is 3.18. The molecule has 7 nitrogen and oxygen atoms in total. The van der Waals surface area contributed by atoms with Gasteiger partial charge in [-0.15, -0.1) is 0 Å². The van der Waals surface area contributed by atoms with Gasteiger partial charge in [-0.1, -0.05) is 26.0 Å². The highest BCUT2D eigenvalue weighted by molar-refractivity contribution is 5.94. The fraction of sp³-hybridized carbons (Fsp3) is 0.476. The summed E-state index contributed by atoms with van der Waals surface area (Å²) in [5.41, 5.74) is 3.08. The van der Waals surface area contributed by atoms with E-state index in [1.165, 1.54) is 0 Å². The van der Waals surface area contributed by atoms with Crippen molar-refractivity contribution in [2.45, 2.75) is 58.7 Å². The summed E-state index contributed by atoms with van der Waals surface area (Å²) in [7, 11) is 0. The van der Waals surface area contributed by atoms with E-state index in [4.69, 9.17) is 4.74 Å². The van der Waals surface area contributed by atoms with Crippen molar-refractivity contribution < 1.29 is 14.3 Å². The fourth-order valence-corrected chi connectivity index (χ4v) is 3.18. The van der Waals surface area contributed by atoms with E-state index in [0.717, 1.165) is 24.1 Å². The first-order valence-electron chi connectivity index (χ1n) is 9.85. The molecule has 0 radical (unpaired) electrons. The molecule has 2 heterocycles. The first-order chi connectivity index (χ1) is 13.5. The van der Waals surface area contributed by atoms with Crippen molar-refractivity contribution >= 4 is 17.5 Å². The molecule has 1 aliphatic heterocycles. The Morgan fingerprint density at radius 1 is 1.32 bits per heavy atom. The molecular weight excluding hydrogens is 356 g/mol. The molecule has 2 N–H and O–H groups in total. The smallest absolute Gasteiger partial charge is 0.269 e. The first kappa shape index (κ1) is 20.1. The first-order valence-corrected chi connectivity index (χ1v) is 9.85. The van der Waals surface area contributed by atoms with Gasteiger partial charge < -0.3 is 15.4 Å². The van der Waals surface area contributed by atoms with Crippen molar-refractivity contribution in [3.63, 3.8) is 0 Å². The van der Waals surface area contributed by atoms with Crippen LogP contribution in [0.4, 0.5) is 5.69 Å². The molecule has 28 heavy (non-hydrogen) atoms. The number of ether oxygens (including phenoxy) is 1. The zero-order valence-corrected chi connectivity index (χ0v) is 16.7. The van der Waals surface area contributed by atoms with Gasteiger partial charge >= 0.3 is 0 Å². The molecule has 1 unspecified atom stereocenters. The minimum absolute atomic E-state index is 0.119. The van der Waals surface area contributed by atoms with Crippen LogP contribution in [0.2, 0.25) is 0 Å². The molecule has 1 fully saturated rings. The second-order valence-electron chi connectivity index (χ2n) is 7.30. The standard InChI is InChI=1S/C21H28N4O3/c1-4-25-18(12-17(24-25)14(2)3)20(26)22-13-15-7-5-8-16(11-15)23-21(27)19-9-6-10-28-19/h5,7-8,11-12,14,19H,4,6,9-10,13H2,1-3H3,(H,22,26)(H,23,27). The zero-order valence-electron chi connectivity index (χ0n) is 16.7. The second kappa shape index (κ2) is 9.01. The van der Waals surface area contributed by atoms with Crippen LogP contribution in [0.3, 0.4) is 0 Å². The number of aromatic nitrogens is 2. The maximum Gasteiger partial charge on any atom is 0.269 e. The Kier molecular flexibility index (Phi) is 6.46. The van der Waals surface area contributed by atoms with Gasteiger partial charge in [0.05, 0.1) is 5.69 Å². The van der Waals surface area contributed by atoms with E-state index in [9.17, 15) is 9.59 Å². The minimum atomic E-state index is -0.368. The molecule has 2 aromatic rings. The van der Waals surface area contributed by atoms with E-state index in [0.29, 0.717) is 31.1 Å². The van der Waals surface area contributed by atoms with E-state index in [1.807, 2.05) is 37.3 Å². The van der Waals surface area contributed by atoms with Crippen LogP contribution < -0.4 is 10.6 Å². The molecule has 1 atom stereocenters. The third-order valence-corrected chi connectivity index (χ3v) is 4.79. The molecule has 7 heteroatoms. The van der Waals surface area contributed by atoms with Gasteiger partial charge in [0.15, 0.2) is 0 Å². The van der Waals surface area contributed by atoms with Gasteiger partial charge in [0.1, 0.15) is 11.8 Å². The van der Waals surface area contributed by atoms with Crippen LogP contribution in [-0.4, -0.2) is 34.3 Å². The number of amides is 2. The quantitative estimate of drug-likeness (QED) is 0.768. The number of carbonyl (C=O) groups is 2. The number of nitrogens with one attached hydrogen (secondary N) is 2. The van der Waals surface area contributed by atoms with Crippen molar-refractivity contribution in [3.8, 4) is 0 Å². The lowest BCUT2D eigenvalue weighted by Gasteiger charge is -2.12. The average molecular weight is 384 g/mol. The van der Waals surface area contributed by atoms with Gasteiger partial charge in [0, 0.05) is 25.4 Å². The molecule has 2 amide bonds. The lowest BCUT2D eigenvalue weighted by atomic mass is 10.1. The predicted molar refractivity (Wildman–Crippen MR) is 107 cm³/mol. The Hall–Kier alpha value is -2.67. The van der Waals surface area contributed by atoms with E-state index in [-0.39, 0.29) is 23.8 Å². The van der Waals surface area contributed by atoms with E-state index in [2.05, 4.69) is 29.6 Å². The molecule has 0 saturated carbocycles. The van der Waals surface area contributed by atoms with Crippen LogP contribution in [0, 0.1) is 0 Å². The van der Waals surface area contributed by atoms with Gasteiger partial charge in [-0.25, -0.2) is 0 Å². The Labute approximate surface area is 165 Å². The number of carbonyl (C=O) groups excluding carboxylic acids is 2. The minimum Gasteiger partial charge on any atom is -0.368 e. The normalized spacial score (nSPS) is 16.4. The van der Waals surface area contributed by atoms with Crippen molar-refractivity contribution in [1.29, 1.82) is 0 Å². The highest BCUT2D eigenvalue weighted by Gasteiger charge is 2.23. The number of rotatable bonds is 7. The maximum atomic E-state index is 12.6. The van der Waals surface area contributed by atoms with Crippen LogP contribution in [-0.2, 0) is 22.6 Å². The molecule has 1 aromatic heterocycles. The average Bonchev–Trinajstić information content (AvgIpc) is 3.36. The third-order valence-electron chi connectivity index (χ3n) is 4.79. The number of aryl methyl sites for hydroxylation is 1. The molecule has 1 aliphatic rings. The Morgan fingerprint density at radius 2 is 2.14 bits per heavy atom. The van der Waals surface area contributed by atoms with Crippen molar-refractivity contribution in [2.75, 3.05) is 11.9 Å². The molecule has 0 bridgehead atoms. The van der Waals surface area contributed by atoms with Crippen molar-refractivity contribution in [1.82, 2.24) is 15.1 Å². The molecule has 1 saturated heterocycles. The third kappa shape index (κ3) is 4.78. The molecule has 150 valence electrons. The lowest BCUT2D eigenvalue weighted by molar-refractivity contribution is -0.124. The summed E-state index contributed by atoms with van der Waals surface area (Å²) in [6.45, 7) is 7.72. The summed E-state index contributed by atoms with van der Waals surface area (Å²) in [6, 6.07) is 9.32. The van der Waals surface area contributed by atoms with Crippen LogP contribution in [0.1, 0.15) is 61.3 Å². The Bertz CT molecular complexity index is 838. The summed E-state index contributed by atoms with van der Waals surface area (Å²) >= 11 is 0. The summed E-state index contributed by atoms with van der Waals surface area (Å²) in [6.07, 6.45) is 1.30. The summed E-state index contributed by atoms with van der Waals surface area (Å²) in [4.78, 5) is 24.8. The topological polar surface area (TPSA) is 85.3 Å². The lowest BCUT2D eigenvalue weighted by Crippen LogP contribution is -2.27. The summed E-state index contributed by atoms with van der Waals surface area (Å²) in [5, 5.41) is 10.3. The van der Waals surface area contributed by atoms with Crippen LogP contribution in [0.5, 0.6) is 0 Å². The number of nitrogens with zero attached hydrogens (tertiary/aromatic N) is 2. The van der Waals surface area contributed by atoms with E-state index in [1.54, 1.807) is 4.68 Å². The number of benzene rings is 1. The van der Waals surface area contributed by atoms with Crippen molar-refractivity contribution in [2.24, 2.45) is 0 Å². The summed E-state index contributed by atoms with van der Waals surface area (Å²) in [5.74, 6) is -0.00900. The summed E-state index contributed by atoms with van der Waals surface area (Å²) < 4.78 is 7.13. The number of hydrogen-bond donors (Lipinski definition) is 2. The predicted octanol–water partition coefficient (Wildman–Crippen LogP) is 3.07. The van der Waals surface area contributed by atoms with E-state index < -0.39 is 0 Å². The van der Waals surface area contributed by atoms with E-state index >= 15 is 0 Å². The zero-order chi connectivity index (χ0) is 20.1. The van der Waals surface area contributed by atoms with Crippen LogP contribution in [0.25, 0.3) is 0 Å². The largest absolute Gasteiger partial charge is 0.368 e. The highest BCUT2D eigenvalue weighted by atomic mass is 16.5. The van der Waals surface area contributed by atoms with Crippen LogP contribution >= 0.6 is 0 Å². The van der Waals surface area contributed by atoms with Crippen molar-refractivity contribution in [3.05, 3.63) is 47.3 Å². The van der Waals surface area contributed by atoms with Gasteiger partial charge in [-0.05, 0) is 49.4 Å². The molecular formula is C21H28N4O3. The van der Waals surface area contributed by atoms with Gasteiger partial charge in [0.2, 0.25) is 0 Å². The maximum absolute atomic E-state index is 12.6. The number of anilines is 1. The SMILES string of the molecule is CCn1nc(C(C)C)cc1C(=O)NCc1cccc(NC(=O)C2CCCO2)c1. The van der Waals surface area contributed by atoms with Crippen LogP contribution in [0.15, 0.2) is 30.3 Å². The molecule has 3 rings (SSSR count). The highest BCUT2D eigenvalue weighted by Crippen LogP contribution is 2.17. The Morgan fingerprint density at radius 3 is 2.82 bits per heavy atom. The molecule has 0 aliphatic carbocycles. The molecule has 1 aromatic carbocycles. The second-order valence-corrected chi connectivity index (χ2v) is 7.30. The monoisotopic (exact) mass is 384 g/mol.